The van der Waals surface area contributed by atoms with Gasteiger partial charge in [0.05, 0.1) is 0 Å². The topological polar surface area (TPSA) is 94.5 Å². The summed E-state index contributed by atoms with van der Waals surface area (Å²) in [5.74, 6) is -0.0262. The van der Waals surface area contributed by atoms with Crippen molar-refractivity contribution in [2.24, 2.45) is 0 Å². The number of aromatic nitrogens is 1. The van der Waals surface area contributed by atoms with Crippen LogP contribution in [-0.2, 0) is 0 Å². The number of urea groups is 1. The molecule has 19 heavy (non-hydrogen) atoms. The van der Waals surface area contributed by atoms with Crippen LogP contribution in [0.25, 0.3) is 0 Å². The van der Waals surface area contributed by atoms with Crippen molar-refractivity contribution in [1.29, 1.82) is 0 Å². The van der Waals surface area contributed by atoms with Gasteiger partial charge < -0.3 is 15.5 Å². The van der Waals surface area contributed by atoms with Crippen LogP contribution in [0.15, 0.2) is 36.5 Å². The largest absolute Gasteiger partial charge is 0.508 e. The molecular formula is C12H10ClN3O3. The highest BCUT2D eigenvalue weighted by Crippen LogP contribution is 2.24. The van der Waals surface area contributed by atoms with Crippen molar-refractivity contribution < 1.29 is 15.0 Å². The fourth-order valence-electron chi connectivity index (χ4n) is 1.42. The fraction of sp³-hybridized carbons (Fsp3) is 0. The number of anilines is 2. The Morgan fingerprint density at radius 3 is 2.42 bits per heavy atom. The van der Waals surface area contributed by atoms with Gasteiger partial charge in [-0.25, -0.2) is 9.78 Å². The van der Waals surface area contributed by atoms with E-state index >= 15 is 0 Å². The molecular weight excluding hydrogens is 270 g/mol. The Balaban J connectivity index is 2.05. The summed E-state index contributed by atoms with van der Waals surface area (Å²) in [5, 5.41) is 23.9. The lowest BCUT2D eigenvalue weighted by Gasteiger charge is -2.08. The maximum atomic E-state index is 11.6. The number of pyridine rings is 1. The van der Waals surface area contributed by atoms with E-state index in [1.165, 1.54) is 24.4 Å². The van der Waals surface area contributed by atoms with Crippen molar-refractivity contribution in [2.45, 2.75) is 0 Å². The van der Waals surface area contributed by atoms with Gasteiger partial charge in [-0.1, -0.05) is 11.6 Å². The Morgan fingerprint density at radius 2 is 1.79 bits per heavy atom. The van der Waals surface area contributed by atoms with E-state index < -0.39 is 6.03 Å². The maximum Gasteiger partial charge on any atom is 0.324 e. The van der Waals surface area contributed by atoms with Gasteiger partial charge in [0.2, 0.25) is 0 Å². The van der Waals surface area contributed by atoms with Gasteiger partial charge in [0.1, 0.15) is 17.3 Å². The van der Waals surface area contributed by atoms with Gasteiger partial charge in [-0.15, -0.1) is 0 Å². The molecule has 0 fully saturated rings. The molecule has 0 aliphatic rings. The van der Waals surface area contributed by atoms with Crippen LogP contribution >= 0.6 is 11.6 Å². The van der Waals surface area contributed by atoms with Crippen molar-refractivity contribution in [3.8, 4) is 11.5 Å². The van der Waals surface area contributed by atoms with Crippen LogP contribution in [0.4, 0.5) is 16.3 Å². The molecule has 0 atom stereocenters. The molecule has 6 nitrogen and oxygen atoms in total. The number of aromatic hydroxyl groups is 2. The van der Waals surface area contributed by atoms with Gasteiger partial charge in [-0.2, -0.15) is 0 Å². The van der Waals surface area contributed by atoms with Crippen molar-refractivity contribution >= 4 is 29.1 Å². The first-order valence-corrected chi connectivity index (χ1v) is 5.63. The van der Waals surface area contributed by atoms with Gasteiger partial charge in [-0.3, -0.25) is 5.32 Å². The minimum absolute atomic E-state index is 0.156. The van der Waals surface area contributed by atoms with E-state index in [4.69, 9.17) is 11.6 Å². The minimum atomic E-state index is -0.570. The second-order valence-corrected chi connectivity index (χ2v) is 4.11. The van der Waals surface area contributed by atoms with Crippen LogP contribution in [0.2, 0.25) is 5.02 Å². The molecule has 4 N–H and O–H groups in total. The Bertz CT molecular complexity index is 599. The number of phenolic OH excluding ortho intramolecular Hbond substituents is 2. The van der Waals surface area contributed by atoms with Gasteiger partial charge >= 0.3 is 6.03 Å². The number of phenols is 2. The predicted molar refractivity (Wildman–Crippen MR) is 71.7 cm³/mol. The molecule has 1 heterocycles. The first-order valence-electron chi connectivity index (χ1n) is 5.25. The summed E-state index contributed by atoms with van der Waals surface area (Å²) in [6, 6.07) is 6.25. The lowest BCUT2D eigenvalue weighted by molar-refractivity contribution is 0.262. The summed E-state index contributed by atoms with van der Waals surface area (Å²) < 4.78 is 0. The summed E-state index contributed by atoms with van der Waals surface area (Å²) in [7, 11) is 0. The summed E-state index contributed by atoms with van der Waals surface area (Å²) in [5.41, 5.74) is 0.247. The Kier molecular flexibility index (Phi) is 3.72. The first-order chi connectivity index (χ1) is 9.02. The molecule has 0 saturated heterocycles. The highest BCUT2D eigenvalue weighted by molar-refractivity contribution is 6.30. The normalized spacial score (nSPS) is 9.95. The van der Waals surface area contributed by atoms with Crippen LogP contribution in [0.3, 0.4) is 0 Å². The number of hydrogen-bond donors (Lipinski definition) is 4. The smallest absolute Gasteiger partial charge is 0.324 e. The van der Waals surface area contributed by atoms with Gasteiger partial charge in [0.25, 0.3) is 0 Å². The fourth-order valence-corrected chi connectivity index (χ4v) is 1.58. The number of carbonyl (C=O) groups excluding carboxylic acids is 1. The van der Waals surface area contributed by atoms with E-state index in [0.29, 0.717) is 5.02 Å². The van der Waals surface area contributed by atoms with E-state index in [1.807, 2.05) is 0 Å². The van der Waals surface area contributed by atoms with E-state index in [-0.39, 0.29) is 23.0 Å². The predicted octanol–water partition coefficient (Wildman–Crippen LogP) is 2.79. The molecule has 0 unspecified atom stereocenters. The summed E-state index contributed by atoms with van der Waals surface area (Å²) in [4.78, 5) is 15.5. The molecule has 2 aromatic rings. The molecule has 0 spiro atoms. The molecule has 2 rings (SSSR count). The number of rotatable bonds is 2. The molecule has 0 saturated carbocycles. The lowest BCUT2D eigenvalue weighted by atomic mass is 10.3. The Morgan fingerprint density at radius 1 is 1.11 bits per heavy atom. The number of carbonyl (C=O) groups is 1. The molecule has 98 valence electrons. The molecule has 2 amide bonds. The number of nitrogens with one attached hydrogen (secondary N) is 2. The highest BCUT2D eigenvalue weighted by Gasteiger charge is 2.06. The van der Waals surface area contributed by atoms with Crippen molar-refractivity contribution in [1.82, 2.24) is 4.98 Å². The van der Waals surface area contributed by atoms with Crippen LogP contribution in [0.5, 0.6) is 11.5 Å². The number of halogens is 1. The Labute approximate surface area is 113 Å². The number of nitrogens with zero attached hydrogens (tertiary/aromatic N) is 1. The SMILES string of the molecule is O=C(Nc1cc(O)cc(O)c1)Nc1cc(Cl)ccn1. The van der Waals surface area contributed by atoms with Crippen LogP contribution in [0, 0.1) is 0 Å². The van der Waals surface area contributed by atoms with Crippen molar-refractivity contribution in [3.05, 3.63) is 41.6 Å². The van der Waals surface area contributed by atoms with Crippen LogP contribution in [-0.4, -0.2) is 21.2 Å². The first kappa shape index (κ1) is 13.0. The second-order valence-electron chi connectivity index (χ2n) is 3.68. The molecule has 7 heteroatoms. The molecule has 1 aromatic carbocycles. The second kappa shape index (κ2) is 5.45. The quantitative estimate of drug-likeness (QED) is 0.680. The van der Waals surface area contributed by atoms with Crippen molar-refractivity contribution in [2.75, 3.05) is 10.6 Å². The molecule has 0 radical (unpaired) electrons. The van der Waals surface area contributed by atoms with Crippen molar-refractivity contribution in [3.63, 3.8) is 0 Å². The molecule has 0 aliphatic carbocycles. The van der Waals surface area contributed by atoms with Gasteiger partial charge in [0.15, 0.2) is 0 Å². The maximum absolute atomic E-state index is 11.6. The van der Waals surface area contributed by atoms with Gasteiger partial charge in [0, 0.05) is 35.1 Å². The van der Waals surface area contributed by atoms with E-state index in [2.05, 4.69) is 15.6 Å². The number of hydrogen-bond acceptors (Lipinski definition) is 4. The summed E-state index contributed by atoms with van der Waals surface area (Å²) >= 11 is 5.75. The van der Waals surface area contributed by atoms with Gasteiger partial charge in [-0.05, 0) is 12.1 Å². The van der Waals surface area contributed by atoms with E-state index in [9.17, 15) is 15.0 Å². The lowest BCUT2D eigenvalue weighted by Crippen LogP contribution is -2.19. The van der Waals surface area contributed by atoms with E-state index in [0.717, 1.165) is 6.07 Å². The third kappa shape index (κ3) is 3.75. The van der Waals surface area contributed by atoms with E-state index in [1.54, 1.807) is 6.07 Å². The van der Waals surface area contributed by atoms with Crippen LogP contribution in [0.1, 0.15) is 0 Å². The number of benzene rings is 1. The molecule has 1 aromatic heterocycles. The average molecular weight is 280 g/mol. The summed E-state index contributed by atoms with van der Waals surface area (Å²) in [6.07, 6.45) is 1.46. The zero-order valence-corrected chi connectivity index (χ0v) is 10.3. The average Bonchev–Trinajstić information content (AvgIpc) is 2.26. The summed E-state index contributed by atoms with van der Waals surface area (Å²) in [6.45, 7) is 0. The number of amides is 2. The monoisotopic (exact) mass is 279 g/mol. The molecule has 0 bridgehead atoms. The third-order valence-corrected chi connectivity index (χ3v) is 2.36. The minimum Gasteiger partial charge on any atom is -0.508 e. The third-order valence-electron chi connectivity index (χ3n) is 2.12. The highest BCUT2D eigenvalue weighted by atomic mass is 35.5. The Hall–Kier alpha value is -2.47. The molecule has 0 aliphatic heterocycles. The standard InChI is InChI=1S/C12H10ClN3O3/c13-7-1-2-14-11(3-7)16-12(19)15-8-4-9(17)6-10(18)5-8/h1-6,17-18H,(H2,14,15,16,19). The zero-order chi connectivity index (χ0) is 13.8. The van der Waals surface area contributed by atoms with Crippen LogP contribution < -0.4 is 10.6 Å². The zero-order valence-electron chi connectivity index (χ0n) is 9.59.